The summed E-state index contributed by atoms with van der Waals surface area (Å²) >= 11 is 0. The van der Waals surface area contributed by atoms with Crippen molar-refractivity contribution in [2.24, 2.45) is 4.40 Å². The first-order chi connectivity index (χ1) is 9.60. The Morgan fingerprint density at radius 1 is 1.33 bits per heavy atom. The van der Waals surface area contributed by atoms with E-state index in [1.807, 2.05) is 0 Å². The van der Waals surface area contributed by atoms with Gasteiger partial charge >= 0.3 is 5.97 Å². The molecular formula is C13H27N3O4S. The Hall–Kier alpha value is -1.15. The van der Waals surface area contributed by atoms with Gasteiger partial charge in [-0.3, -0.25) is 4.79 Å². The molecule has 1 N–H and O–H groups in total. The molecule has 8 heteroatoms. The van der Waals surface area contributed by atoms with Gasteiger partial charge in [-0.15, -0.1) is 0 Å². The molecule has 7 nitrogen and oxygen atoms in total. The average molecular weight is 321 g/mol. The molecule has 0 spiro atoms. The van der Waals surface area contributed by atoms with Gasteiger partial charge in [0.1, 0.15) is 11.9 Å². The average Bonchev–Trinajstić information content (AvgIpc) is 2.36. The van der Waals surface area contributed by atoms with Crippen LogP contribution in [0.3, 0.4) is 0 Å². The van der Waals surface area contributed by atoms with Crippen LogP contribution in [0.5, 0.6) is 0 Å². The van der Waals surface area contributed by atoms with Crippen LogP contribution in [0.1, 0.15) is 33.6 Å². The molecule has 0 aromatic rings. The van der Waals surface area contributed by atoms with Crippen molar-refractivity contribution in [1.82, 2.24) is 10.2 Å². The molecule has 0 bridgehead atoms. The third kappa shape index (κ3) is 9.41. The van der Waals surface area contributed by atoms with Crippen LogP contribution in [0.25, 0.3) is 0 Å². The summed E-state index contributed by atoms with van der Waals surface area (Å²) in [6, 6.07) is 0. The van der Waals surface area contributed by atoms with E-state index in [0.29, 0.717) is 26.0 Å². The highest BCUT2D eigenvalue weighted by atomic mass is 32.2. The minimum atomic E-state index is -3.41. The van der Waals surface area contributed by atoms with Crippen molar-refractivity contribution in [2.75, 3.05) is 33.0 Å². The van der Waals surface area contributed by atoms with Crippen LogP contribution < -0.4 is 5.32 Å². The zero-order valence-electron chi connectivity index (χ0n) is 13.5. The predicted octanol–water partition coefficient (Wildman–Crippen LogP) is 0.618. The third-order valence-corrected chi connectivity index (χ3v) is 3.84. The van der Waals surface area contributed by atoms with Gasteiger partial charge in [-0.2, -0.15) is 4.40 Å². The van der Waals surface area contributed by atoms with Crippen molar-refractivity contribution in [3.63, 3.8) is 0 Å². The number of unbranched alkanes of at least 4 members (excludes halogenated alkanes) is 1. The highest BCUT2D eigenvalue weighted by Crippen LogP contribution is 2.06. The lowest BCUT2D eigenvalue weighted by molar-refractivity contribution is -0.149. The topological polar surface area (TPSA) is 88.1 Å². The molecule has 0 fully saturated rings. The molecule has 0 radical (unpaired) electrons. The molecule has 0 aromatic heterocycles. The summed E-state index contributed by atoms with van der Waals surface area (Å²) < 4.78 is 31.6. The first-order valence-electron chi connectivity index (χ1n) is 6.97. The number of hydrogen-bond donors (Lipinski definition) is 1. The van der Waals surface area contributed by atoms with Crippen LogP contribution in [0.15, 0.2) is 4.40 Å². The number of carbonyl (C=O) groups is 1. The smallest absolute Gasteiger partial charge is 0.325 e. The van der Waals surface area contributed by atoms with E-state index in [2.05, 4.69) is 9.71 Å². The molecule has 0 aromatic carbocycles. The van der Waals surface area contributed by atoms with E-state index >= 15 is 0 Å². The van der Waals surface area contributed by atoms with E-state index in [4.69, 9.17) is 4.74 Å². The number of esters is 1. The van der Waals surface area contributed by atoms with E-state index in [-0.39, 0.29) is 11.7 Å². The first-order valence-corrected chi connectivity index (χ1v) is 8.58. The Kier molecular flexibility index (Phi) is 8.50. The van der Waals surface area contributed by atoms with Crippen LogP contribution in [0, 0.1) is 0 Å². The van der Waals surface area contributed by atoms with Crippen LogP contribution in [-0.4, -0.2) is 64.2 Å². The molecule has 124 valence electrons. The van der Waals surface area contributed by atoms with E-state index in [9.17, 15) is 13.2 Å². The van der Waals surface area contributed by atoms with Crippen molar-refractivity contribution in [1.29, 1.82) is 0 Å². The maximum Gasteiger partial charge on any atom is 0.325 e. The Morgan fingerprint density at radius 3 is 2.48 bits per heavy atom. The number of carbonyl (C=O) groups excluding carboxylic acids is 1. The molecule has 0 aliphatic heterocycles. The molecular weight excluding hydrogens is 294 g/mol. The molecule has 0 heterocycles. The van der Waals surface area contributed by atoms with Gasteiger partial charge in [0, 0.05) is 14.1 Å². The summed E-state index contributed by atoms with van der Waals surface area (Å²) in [5.41, 5.74) is -0.766. The van der Waals surface area contributed by atoms with Gasteiger partial charge in [0.25, 0.3) is 10.0 Å². The van der Waals surface area contributed by atoms with Crippen LogP contribution >= 0.6 is 0 Å². The number of ether oxygens (including phenoxy) is 1. The lowest BCUT2D eigenvalue weighted by atomic mass is 10.1. The molecule has 0 saturated carbocycles. The fourth-order valence-electron chi connectivity index (χ4n) is 1.41. The lowest BCUT2D eigenvalue weighted by Crippen LogP contribution is -2.48. The second kappa shape index (κ2) is 8.99. The summed E-state index contributed by atoms with van der Waals surface area (Å²) in [5, 5.41) is 3.06. The Bertz CT molecular complexity index is 444. The lowest BCUT2D eigenvalue weighted by Gasteiger charge is -2.23. The Labute approximate surface area is 127 Å². The van der Waals surface area contributed by atoms with Gasteiger partial charge in [-0.05, 0) is 40.2 Å². The fourth-order valence-corrected chi connectivity index (χ4v) is 2.42. The molecule has 0 amide bonds. The van der Waals surface area contributed by atoms with E-state index in [0.717, 1.165) is 0 Å². The van der Waals surface area contributed by atoms with Gasteiger partial charge in [0.05, 0.1) is 12.4 Å². The quantitative estimate of drug-likeness (QED) is 0.275. The Balaban J connectivity index is 4.04. The molecule has 21 heavy (non-hydrogen) atoms. The van der Waals surface area contributed by atoms with Crippen LogP contribution in [0.2, 0.25) is 0 Å². The summed E-state index contributed by atoms with van der Waals surface area (Å²) in [4.78, 5) is 13.2. The standard InChI is InChI=1S/C13H27N3O4S/c1-6-20-12(17)13(2,3)14-9-7-8-10-21(18,19)15-11-16(4)5/h11,14H,6-10H2,1-5H3. The van der Waals surface area contributed by atoms with Crippen LogP contribution in [-0.2, 0) is 19.6 Å². The van der Waals surface area contributed by atoms with E-state index in [1.165, 1.54) is 6.34 Å². The van der Waals surface area contributed by atoms with E-state index < -0.39 is 15.6 Å². The van der Waals surface area contributed by atoms with Gasteiger partial charge in [0.15, 0.2) is 0 Å². The number of hydrogen-bond acceptors (Lipinski definition) is 5. The van der Waals surface area contributed by atoms with Gasteiger partial charge in [0.2, 0.25) is 0 Å². The molecule has 0 aliphatic rings. The molecule has 0 unspecified atom stereocenters. The summed E-state index contributed by atoms with van der Waals surface area (Å²) in [6.45, 7) is 6.12. The van der Waals surface area contributed by atoms with E-state index in [1.54, 1.807) is 39.8 Å². The number of nitrogens with zero attached hydrogens (tertiary/aromatic N) is 2. The van der Waals surface area contributed by atoms with Crippen LogP contribution in [0.4, 0.5) is 0 Å². The maximum absolute atomic E-state index is 11.6. The molecule has 0 aliphatic carbocycles. The van der Waals surface area contributed by atoms with Crippen molar-refractivity contribution in [3.05, 3.63) is 0 Å². The largest absolute Gasteiger partial charge is 0.465 e. The predicted molar refractivity (Wildman–Crippen MR) is 83.9 cm³/mol. The third-order valence-electron chi connectivity index (χ3n) is 2.62. The molecule has 0 atom stereocenters. The van der Waals surface area contributed by atoms with Crippen molar-refractivity contribution >= 4 is 22.3 Å². The summed E-state index contributed by atoms with van der Waals surface area (Å²) in [7, 11) is 0.00831. The van der Waals surface area contributed by atoms with Crippen molar-refractivity contribution < 1.29 is 17.9 Å². The second-order valence-corrected chi connectivity index (χ2v) is 7.23. The highest BCUT2D eigenvalue weighted by molar-refractivity contribution is 7.90. The maximum atomic E-state index is 11.6. The normalized spacial score (nSPS) is 12.6. The fraction of sp³-hybridized carbons (Fsp3) is 0.846. The number of sulfonamides is 1. The Morgan fingerprint density at radius 2 is 1.95 bits per heavy atom. The van der Waals surface area contributed by atoms with Crippen molar-refractivity contribution in [2.45, 2.75) is 39.2 Å². The zero-order valence-corrected chi connectivity index (χ0v) is 14.4. The minimum Gasteiger partial charge on any atom is -0.465 e. The number of nitrogens with one attached hydrogen (secondary N) is 1. The van der Waals surface area contributed by atoms with Gasteiger partial charge in [-0.25, -0.2) is 8.42 Å². The zero-order chi connectivity index (χ0) is 16.5. The van der Waals surface area contributed by atoms with Crippen molar-refractivity contribution in [3.8, 4) is 0 Å². The summed E-state index contributed by atoms with van der Waals surface area (Å²) in [6.07, 6.45) is 2.40. The van der Waals surface area contributed by atoms with Gasteiger partial charge in [-0.1, -0.05) is 0 Å². The SMILES string of the molecule is CCOC(=O)C(C)(C)NCCCCS(=O)(=O)N=CN(C)C. The second-order valence-electron chi connectivity index (χ2n) is 5.45. The minimum absolute atomic E-state index is 0.00114. The monoisotopic (exact) mass is 321 g/mol. The molecule has 0 rings (SSSR count). The van der Waals surface area contributed by atoms with Gasteiger partial charge < -0.3 is 15.0 Å². The highest BCUT2D eigenvalue weighted by Gasteiger charge is 2.27. The molecule has 0 saturated heterocycles. The number of rotatable bonds is 10. The summed E-state index contributed by atoms with van der Waals surface area (Å²) in [5.74, 6) is -0.313. The first kappa shape index (κ1) is 19.9.